The van der Waals surface area contributed by atoms with Gasteiger partial charge in [0.25, 0.3) is 0 Å². The summed E-state index contributed by atoms with van der Waals surface area (Å²) in [5.41, 5.74) is 4.90. The van der Waals surface area contributed by atoms with Gasteiger partial charge in [0.1, 0.15) is 0 Å². The highest BCUT2D eigenvalue weighted by Crippen LogP contribution is 2.50. The molecule has 1 amide bonds. The predicted molar refractivity (Wildman–Crippen MR) is 140 cm³/mol. The van der Waals surface area contributed by atoms with Gasteiger partial charge in [0, 0.05) is 33.7 Å². The smallest absolute Gasteiger partial charge is 0.231 e. The summed E-state index contributed by atoms with van der Waals surface area (Å²) in [6, 6.07) is 22.6. The van der Waals surface area contributed by atoms with E-state index in [0.717, 1.165) is 35.5 Å². The summed E-state index contributed by atoms with van der Waals surface area (Å²) >= 11 is 13.0. The number of fused-ring (bicyclic) bond motifs is 1. The van der Waals surface area contributed by atoms with Crippen molar-refractivity contribution < 1.29 is 9.59 Å². The summed E-state index contributed by atoms with van der Waals surface area (Å²) in [5, 5.41) is 4.52. The highest BCUT2D eigenvalue weighted by atomic mass is 35.5. The van der Waals surface area contributed by atoms with Crippen LogP contribution in [0, 0.1) is 5.92 Å². The Labute approximate surface area is 214 Å². The maximum absolute atomic E-state index is 13.9. The summed E-state index contributed by atoms with van der Waals surface area (Å²) in [4.78, 5) is 29.5. The Balaban J connectivity index is 1.57. The van der Waals surface area contributed by atoms with Crippen LogP contribution in [0.2, 0.25) is 10.0 Å². The molecule has 1 saturated carbocycles. The molecule has 1 N–H and O–H groups in total. The number of Topliss-reactive ketones (excluding diaryl/α,β-unsaturated/α-hetero) is 1. The van der Waals surface area contributed by atoms with E-state index in [4.69, 9.17) is 23.2 Å². The van der Waals surface area contributed by atoms with Crippen molar-refractivity contribution in [3.8, 4) is 0 Å². The standard InChI is InChI=1S/C29H24Cl2N2O2/c30-20-12-13-21(22(31)16-20)28-27-24(14-19(15-26(27)34)17-6-2-1-3-7-17)32-23-8-4-5-9-25(23)33(28)29(35)18-10-11-18/h1-9,12-13,16,18-19,28,32H,10-11,14-15H2. The van der Waals surface area contributed by atoms with Crippen LogP contribution >= 0.6 is 23.2 Å². The molecule has 2 unspecified atom stereocenters. The average molecular weight is 503 g/mol. The Bertz CT molecular complexity index is 1360. The molecule has 0 spiro atoms. The zero-order valence-electron chi connectivity index (χ0n) is 19.0. The van der Waals surface area contributed by atoms with E-state index in [2.05, 4.69) is 17.4 Å². The summed E-state index contributed by atoms with van der Waals surface area (Å²) in [6.07, 6.45) is 2.78. The van der Waals surface area contributed by atoms with E-state index in [-0.39, 0.29) is 23.5 Å². The van der Waals surface area contributed by atoms with Crippen molar-refractivity contribution in [2.75, 3.05) is 10.2 Å². The Morgan fingerprint density at radius 2 is 1.66 bits per heavy atom. The van der Waals surface area contributed by atoms with Crippen LogP contribution in [-0.4, -0.2) is 11.7 Å². The second-order valence-electron chi connectivity index (χ2n) is 9.52. The number of rotatable bonds is 3. The second kappa shape index (κ2) is 8.85. The van der Waals surface area contributed by atoms with Crippen LogP contribution in [0.4, 0.5) is 11.4 Å². The summed E-state index contributed by atoms with van der Waals surface area (Å²) in [6.45, 7) is 0. The first-order chi connectivity index (χ1) is 17.0. The zero-order valence-corrected chi connectivity index (χ0v) is 20.5. The molecule has 2 aliphatic carbocycles. The molecule has 176 valence electrons. The van der Waals surface area contributed by atoms with E-state index >= 15 is 0 Å². The van der Waals surface area contributed by atoms with Crippen molar-refractivity contribution in [3.63, 3.8) is 0 Å². The van der Waals surface area contributed by atoms with Gasteiger partial charge in [-0.05, 0) is 60.6 Å². The van der Waals surface area contributed by atoms with Crippen LogP contribution in [0.5, 0.6) is 0 Å². The lowest BCUT2D eigenvalue weighted by Crippen LogP contribution is -2.39. The minimum Gasteiger partial charge on any atom is -0.357 e. The Morgan fingerprint density at radius 3 is 2.40 bits per heavy atom. The van der Waals surface area contributed by atoms with Crippen LogP contribution in [0.3, 0.4) is 0 Å². The molecule has 2 atom stereocenters. The van der Waals surface area contributed by atoms with Crippen LogP contribution in [-0.2, 0) is 9.59 Å². The van der Waals surface area contributed by atoms with Gasteiger partial charge in [0.05, 0.1) is 17.4 Å². The van der Waals surface area contributed by atoms with Gasteiger partial charge >= 0.3 is 0 Å². The van der Waals surface area contributed by atoms with Gasteiger partial charge in [0.2, 0.25) is 5.91 Å². The Hall–Kier alpha value is -3.08. The summed E-state index contributed by atoms with van der Waals surface area (Å²) in [7, 11) is 0. The number of nitrogens with zero attached hydrogens (tertiary/aromatic N) is 1. The lowest BCUT2D eigenvalue weighted by molar-refractivity contribution is -0.120. The molecular weight excluding hydrogens is 479 g/mol. The van der Waals surface area contributed by atoms with Crippen LogP contribution in [0.1, 0.15) is 48.8 Å². The van der Waals surface area contributed by atoms with Crippen molar-refractivity contribution in [2.45, 2.75) is 37.6 Å². The van der Waals surface area contributed by atoms with E-state index in [1.807, 2.05) is 48.5 Å². The Kier molecular flexibility index (Phi) is 5.66. The van der Waals surface area contributed by atoms with Crippen molar-refractivity contribution in [3.05, 3.63) is 105 Å². The number of hydrogen-bond acceptors (Lipinski definition) is 3. The number of ketones is 1. The molecule has 35 heavy (non-hydrogen) atoms. The molecule has 6 heteroatoms. The van der Waals surface area contributed by atoms with E-state index in [0.29, 0.717) is 34.0 Å². The highest BCUT2D eigenvalue weighted by molar-refractivity contribution is 6.35. The van der Waals surface area contributed by atoms with E-state index in [9.17, 15) is 9.59 Å². The topological polar surface area (TPSA) is 49.4 Å². The largest absolute Gasteiger partial charge is 0.357 e. The van der Waals surface area contributed by atoms with E-state index in [1.54, 1.807) is 17.0 Å². The van der Waals surface area contributed by atoms with Gasteiger partial charge in [-0.3, -0.25) is 14.5 Å². The fourth-order valence-corrected chi connectivity index (χ4v) is 5.85. The molecule has 1 fully saturated rings. The third-order valence-corrected chi connectivity index (χ3v) is 7.74. The van der Waals surface area contributed by atoms with Crippen molar-refractivity contribution >= 4 is 46.3 Å². The molecule has 3 aliphatic rings. The third-order valence-electron chi connectivity index (χ3n) is 7.18. The number of anilines is 2. The Morgan fingerprint density at radius 1 is 0.914 bits per heavy atom. The summed E-state index contributed by atoms with van der Waals surface area (Å²) in [5.74, 6) is 0.0932. The van der Waals surface area contributed by atoms with Gasteiger partial charge in [-0.15, -0.1) is 0 Å². The van der Waals surface area contributed by atoms with Gasteiger partial charge in [-0.25, -0.2) is 0 Å². The number of hydrogen-bond donors (Lipinski definition) is 1. The average Bonchev–Trinajstić information content (AvgIpc) is 3.71. The zero-order chi connectivity index (χ0) is 24.1. The second-order valence-corrected chi connectivity index (χ2v) is 10.4. The van der Waals surface area contributed by atoms with Crippen molar-refractivity contribution in [2.24, 2.45) is 5.92 Å². The lowest BCUT2D eigenvalue weighted by Gasteiger charge is -2.35. The molecule has 0 saturated heterocycles. The number of benzene rings is 3. The first-order valence-corrected chi connectivity index (χ1v) is 12.7. The normalized spacial score (nSPS) is 21.7. The molecule has 3 aromatic rings. The number of carbonyl (C=O) groups is 2. The first-order valence-electron chi connectivity index (χ1n) is 12.0. The maximum atomic E-state index is 13.9. The molecule has 6 rings (SSSR count). The minimum atomic E-state index is -0.622. The fourth-order valence-electron chi connectivity index (χ4n) is 5.34. The molecule has 1 aliphatic heterocycles. The van der Waals surface area contributed by atoms with Gasteiger partial charge in [0.15, 0.2) is 5.78 Å². The SMILES string of the molecule is O=C1CC(c2ccccc2)CC2=C1C(c1ccc(Cl)cc1Cl)N(C(=O)C1CC1)c1ccccc1N2. The van der Waals surface area contributed by atoms with Crippen molar-refractivity contribution in [1.82, 2.24) is 0 Å². The number of amides is 1. The molecule has 0 aromatic heterocycles. The van der Waals surface area contributed by atoms with E-state index in [1.165, 1.54) is 0 Å². The van der Waals surface area contributed by atoms with E-state index < -0.39 is 6.04 Å². The lowest BCUT2D eigenvalue weighted by atomic mass is 9.78. The third kappa shape index (κ3) is 4.05. The highest BCUT2D eigenvalue weighted by Gasteiger charge is 2.45. The van der Waals surface area contributed by atoms with Crippen LogP contribution < -0.4 is 10.2 Å². The quantitative estimate of drug-likeness (QED) is 0.408. The van der Waals surface area contributed by atoms with Gasteiger partial charge in [-0.1, -0.05) is 71.7 Å². The van der Waals surface area contributed by atoms with Crippen molar-refractivity contribution in [1.29, 1.82) is 0 Å². The fraction of sp³-hybridized carbons (Fsp3) is 0.241. The van der Waals surface area contributed by atoms with Gasteiger partial charge in [-0.2, -0.15) is 0 Å². The van der Waals surface area contributed by atoms with Crippen LogP contribution in [0.15, 0.2) is 84.1 Å². The molecular formula is C29H24Cl2N2O2. The molecule has 0 bridgehead atoms. The number of halogens is 2. The predicted octanol–water partition coefficient (Wildman–Crippen LogP) is 7.30. The number of para-hydroxylation sites is 2. The molecule has 4 nitrogen and oxygen atoms in total. The first kappa shape index (κ1) is 22.4. The van der Waals surface area contributed by atoms with Gasteiger partial charge < -0.3 is 5.32 Å². The number of nitrogens with one attached hydrogen (secondary N) is 1. The molecule has 3 aromatic carbocycles. The monoisotopic (exact) mass is 502 g/mol. The maximum Gasteiger partial charge on any atom is 0.231 e. The number of allylic oxidation sites excluding steroid dienone is 1. The molecule has 1 heterocycles. The molecule has 0 radical (unpaired) electrons. The number of carbonyl (C=O) groups excluding carboxylic acids is 2. The van der Waals surface area contributed by atoms with Crippen LogP contribution in [0.25, 0.3) is 0 Å². The minimum absolute atomic E-state index is 0.0296. The summed E-state index contributed by atoms with van der Waals surface area (Å²) < 4.78 is 0.